The quantitative estimate of drug-likeness (QED) is 0.665. The van der Waals surface area contributed by atoms with Gasteiger partial charge in [-0.1, -0.05) is 36.0 Å². The summed E-state index contributed by atoms with van der Waals surface area (Å²) in [6.45, 7) is 8.13. The highest BCUT2D eigenvalue weighted by Gasteiger charge is 2.20. The topological polar surface area (TPSA) is 82.5 Å². The monoisotopic (exact) mass is 330 g/mol. The van der Waals surface area contributed by atoms with E-state index in [1.807, 2.05) is 26.0 Å². The highest BCUT2D eigenvalue weighted by molar-refractivity contribution is 7.99. The largest absolute Gasteiger partial charge is 0.338 e. The minimum Gasteiger partial charge on any atom is -0.338 e. The first kappa shape index (κ1) is 15.7. The van der Waals surface area contributed by atoms with Crippen LogP contribution < -0.4 is 0 Å². The number of hydrogen-bond acceptors (Lipinski definition) is 7. The summed E-state index contributed by atoms with van der Waals surface area (Å²) in [5.74, 6) is 1.30. The van der Waals surface area contributed by atoms with Crippen LogP contribution in [0.15, 0.2) is 27.9 Å². The van der Waals surface area contributed by atoms with Gasteiger partial charge in [0, 0.05) is 6.42 Å². The Morgan fingerprint density at radius 1 is 1.30 bits per heavy atom. The zero-order valence-corrected chi connectivity index (χ0v) is 14.3. The molecular formula is C15H18N6OS. The molecule has 0 N–H and O–H groups in total. The van der Waals surface area contributed by atoms with Crippen LogP contribution in [-0.2, 0) is 6.42 Å². The molecule has 0 aliphatic carbocycles. The predicted molar refractivity (Wildman–Crippen MR) is 86.6 cm³/mol. The molecule has 0 bridgehead atoms. The van der Waals surface area contributed by atoms with Gasteiger partial charge in [-0.3, -0.25) is 0 Å². The summed E-state index contributed by atoms with van der Waals surface area (Å²) in [5.41, 5.74) is 3.33. The number of nitrogens with zero attached hydrogens (tertiary/aromatic N) is 6. The summed E-state index contributed by atoms with van der Waals surface area (Å²) >= 11 is 1.49. The van der Waals surface area contributed by atoms with Crippen LogP contribution in [0.4, 0.5) is 0 Å². The van der Waals surface area contributed by atoms with Gasteiger partial charge in [0.1, 0.15) is 0 Å². The third-order valence-electron chi connectivity index (χ3n) is 3.68. The van der Waals surface area contributed by atoms with Crippen LogP contribution in [0.5, 0.6) is 0 Å². The molecule has 7 nitrogen and oxygen atoms in total. The van der Waals surface area contributed by atoms with E-state index < -0.39 is 0 Å². The fourth-order valence-corrected chi connectivity index (χ4v) is 2.98. The van der Waals surface area contributed by atoms with E-state index in [2.05, 4.69) is 45.6 Å². The summed E-state index contributed by atoms with van der Waals surface area (Å²) in [6.07, 6.45) is 0.751. The molecule has 0 spiro atoms. The van der Waals surface area contributed by atoms with E-state index in [4.69, 9.17) is 4.52 Å². The van der Waals surface area contributed by atoms with Crippen LogP contribution in [0.2, 0.25) is 0 Å². The van der Waals surface area contributed by atoms with Crippen LogP contribution in [-0.4, -0.2) is 30.3 Å². The lowest BCUT2D eigenvalue weighted by atomic mass is 10.1. The van der Waals surface area contributed by atoms with E-state index in [0.717, 1.165) is 17.7 Å². The highest BCUT2D eigenvalue weighted by Crippen LogP contribution is 2.33. The maximum atomic E-state index is 5.29. The Hall–Kier alpha value is -2.22. The van der Waals surface area contributed by atoms with E-state index in [9.17, 15) is 0 Å². The number of thioether (sulfide) groups is 1. The Morgan fingerprint density at radius 2 is 2.13 bits per heavy atom. The van der Waals surface area contributed by atoms with Crippen molar-refractivity contribution >= 4 is 11.8 Å². The SMILES string of the molecule is CCc1noc(C(C)Sc2nnnn2-c2cccc(C)c2C)n1. The van der Waals surface area contributed by atoms with Crippen molar-refractivity contribution in [3.8, 4) is 5.69 Å². The van der Waals surface area contributed by atoms with E-state index in [-0.39, 0.29) is 5.25 Å². The van der Waals surface area contributed by atoms with Crippen LogP contribution in [0.1, 0.15) is 41.9 Å². The fourth-order valence-electron chi connectivity index (χ4n) is 2.15. The van der Waals surface area contributed by atoms with Gasteiger partial charge in [-0.2, -0.15) is 9.67 Å². The third-order valence-corrected chi connectivity index (χ3v) is 4.70. The Labute approximate surface area is 138 Å². The molecule has 2 aromatic heterocycles. The summed E-state index contributed by atoms with van der Waals surface area (Å²) in [5, 5.41) is 16.7. The molecule has 1 aromatic carbocycles. The number of rotatable bonds is 5. The molecule has 0 aliphatic heterocycles. The normalized spacial score (nSPS) is 12.5. The number of aromatic nitrogens is 6. The molecule has 0 fully saturated rings. The fraction of sp³-hybridized carbons (Fsp3) is 0.400. The smallest absolute Gasteiger partial charge is 0.239 e. The van der Waals surface area contributed by atoms with Gasteiger partial charge in [-0.05, 0) is 48.4 Å². The minimum absolute atomic E-state index is 0.0299. The van der Waals surface area contributed by atoms with Crippen LogP contribution in [0.3, 0.4) is 0 Å². The zero-order valence-electron chi connectivity index (χ0n) is 13.5. The molecule has 2 heterocycles. The number of benzene rings is 1. The van der Waals surface area contributed by atoms with Gasteiger partial charge >= 0.3 is 0 Å². The molecule has 23 heavy (non-hydrogen) atoms. The predicted octanol–water partition coefficient (Wildman–Crippen LogP) is 3.08. The standard InChI is InChI=1S/C15H18N6OS/c1-5-13-16-14(22-18-13)11(4)23-15-17-19-20-21(15)12-8-6-7-9(2)10(12)3/h6-8,11H,5H2,1-4H3. The second-order valence-corrected chi connectivity index (χ2v) is 6.56. The molecule has 1 atom stereocenters. The number of hydrogen-bond donors (Lipinski definition) is 0. The first-order chi connectivity index (χ1) is 11.1. The van der Waals surface area contributed by atoms with Crippen molar-refractivity contribution in [2.75, 3.05) is 0 Å². The summed E-state index contributed by atoms with van der Waals surface area (Å²) in [6, 6.07) is 6.08. The molecule has 0 amide bonds. The van der Waals surface area contributed by atoms with Gasteiger partial charge < -0.3 is 4.52 Å². The van der Waals surface area contributed by atoms with Gasteiger partial charge in [0.2, 0.25) is 11.0 Å². The molecular weight excluding hydrogens is 312 g/mol. The lowest BCUT2D eigenvalue weighted by Crippen LogP contribution is -2.03. The van der Waals surface area contributed by atoms with Gasteiger partial charge in [0.15, 0.2) is 5.82 Å². The van der Waals surface area contributed by atoms with Crippen molar-refractivity contribution < 1.29 is 4.52 Å². The second kappa shape index (κ2) is 6.49. The second-order valence-electron chi connectivity index (χ2n) is 5.25. The zero-order chi connectivity index (χ0) is 16.4. The Kier molecular flexibility index (Phi) is 4.42. The van der Waals surface area contributed by atoms with Gasteiger partial charge in [0.25, 0.3) is 0 Å². The minimum atomic E-state index is -0.0299. The Bertz CT molecular complexity index is 812. The van der Waals surface area contributed by atoms with Crippen molar-refractivity contribution in [2.24, 2.45) is 0 Å². The van der Waals surface area contributed by atoms with Crippen LogP contribution in [0, 0.1) is 13.8 Å². The van der Waals surface area contributed by atoms with E-state index in [0.29, 0.717) is 16.9 Å². The average molecular weight is 330 g/mol. The van der Waals surface area contributed by atoms with Crippen molar-refractivity contribution in [3.05, 3.63) is 41.0 Å². The summed E-state index contributed by atoms with van der Waals surface area (Å²) in [4.78, 5) is 4.37. The molecule has 8 heteroatoms. The molecule has 120 valence electrons. The third kappa shape index (κ3) is 3.12. The number of aryl methyl sites for hydroxylation is 2. The molecule has 0 saturated carbocycles. The van der Waals surface area contributed by atoms with Crippen molar-refractivity contribution in [1.82, 2.24) is 30.3 Å². The average Bonchev–Trinajstić information content (AvgIpc) is 3.19. The van der Waals surface area contributed by atoms with Crippen molar-refractivity contribution in [1.29, 1.82) is 0 Å². The van der Waals surface area contributed by atoms with Gasteiger partial charge in [0.05, 0.1) is 10.9 Å². The summed E-state index contributed by atoms with van der Waals surface area (Å²) < 4.78 is 7.05. The van der Waals surface area contributed by atoms with Gasteiger partial charge in [-0.25, -0.2) is 0 Å². The molecule has 0 saturated heterocycles. The van der Waals surface area contributed by atoms with Gasteiger partial charge in [-0.15, -0.1) is 5.10 Å². The summed E-state index contributed by atoms with van der Waals surface area (Å²) in [7, 11) is 0. The molecule has 0 aliphatic rings. The highest BCUT2D eigenvalue weighted by atomic mass is 32.2. The lowest BCUT2D eigenvalue weighted by Gasteiger charge is -2.10. The first-order valence-corrected chi connectivity index (χ1v) is 8.32. The van der Waals surface area contributed by atoms with Crippen molar-refractivity contribution in [3.63, 3.8) is 0 Å². The maximum absolute atomic E-state index is 5.29. The van der Waals surface area contributed by atoms with E-state index >= 15 is 0 Å². The molecule has 3 rings (SSSR count). The lowest BCUT2D eigenvalue weighted by molar-refractivity contribution is 0.375. The Morgan fingerprint density at radius 3 is 2.87 bits per heavy atom. The number of tetrazole rings is 1. The van der Waals surface area contributed by atoms with Crippen LogP contribution in [0.25, 0.3) is 5.69 Å². The van der Waals surface area contributed by atoms with E-state index in [1.54, 1.807) is 4.68 Å². The van der Waals surface area contributed by atoms with Crippen LogP contribution >= 0.6 is 11.8 Å². The molecule has 0 radical (unpaired) electrons. The maximum Gasteiger partial charge on any atom is 0.239 e. The molecule has 3 aromatic rings. The van der Waals surface area contributed by atoms with Crippen molar-refractivity contribution in [2.45, 2.75) is 44.5 Å². The first-order valence-electron chi connectivity index (χ1n) is 7.44. The Balaban J connectivity index is 1.88. The molecule has 1 unspecified atom stereocenters. The van der Waals surface area contributed by atoms with E-state index in [1.165, 1.54) is 17.3 Å².